The van der Waals surface area contributed by atoms with Gasteiger partial charge in [-0.15, -0.1) is 0 Å². The van der Waals surface area contributed by atoms with E-state index in [-0.39, 0.29) is 30.6 Å². The van der Waals surface area contributed by atoms with E-state index in [2.05, 4.69) is 31.9 Å². The first-order chi connectivity index (χ1) is 23.0. The number of carboxylic acids is 2. The smallest absolute Gasteiger partial charge is 0.337 e. The molecular weight excluding hydrogens is 748 g/mol. The standard InChI is InChI=1S/C19H22BrNO4.C17H18BrNO4/c1-24-16(22)11-21-15-10-13(19(23)25-2)8-9-14(15)17(18(21)20)12-6-4-3-5-7-12;18-16-15(10-4-2-1-3-5-10)12-7-6-11(17(22)23)8-13(12)19(16)9-14(20)21/h8-10,12H,3-7,11H2,1-2H3;6-8,10H,1-5,9H2,(H,20,21)(H,22,23). The summed E-state index contributed by atoms with van der Waals surface area (Å²) >= 11 is 7.28. The molecule has 0 saturated heterocycles. The summed E-state index contributed by atoms with van der Waals surface area (Å²) in [5.74, 6) is -1.80. The van der Waals surface area contributed by atoms with Gasteiger partial charge in [0.15, 0.2) is 0 Å². The summed E-state index contributed by atoms with van der Waals surface area (Å²) in [7, 11) is 2.74. The number of hydrogen-bond acceptors (Lipinski definition) is 6. The minimum atomic E-state index is -1.01. The van der Waals surface area contributed by atoms with Crippen LogP contribution in [0.25, 0.3) is 21.8 Å². The van der Waals surface area contributed by atoms with Gasteiger partial charge in [0.05, 0.1) is 45.6 Å². The zero-order valence-corrected chi connectivity index (χ0v) is 30.3. The van der Waals surface area contributed by atoms with Crippen LogP contribution in [-0.2, 0) is 32.2 Å². The highest BCUT2D eigenvalue weighted by molar-refractivity contribution is 9.10. The number of nitrogens with zero attached hydrogens (tertiary/aromatic N) is 2. The van der Waals surface area contributed by atoms with Gasteiger partial charge >= 0.3 is 23.9 Å². The topological polar surface area (TPSA) is 137 Å². The Morgan fingerprint density at radius 1 is 0.688 bits per heavy atom. The molecule has 12 heteroatoms. The molecule has 2 aliphatic rings. The van der Waals surface area contributed by atoms with Crippen LogP contribution in [0.2, 0.25) is 0 Å². The molecule has 2 aromatic heterocycles. The van der Waals surface area contributed by atoms with Crippen molar-refractivity contribution < 1.29 is 38.9 Å². The Morgan fingerprint density at radius 2 is 1.15 bits per heavy atom. The van der Waals surface area contributed by atoms with Gasteiger partial charge in [-0.2, -0.15) is 0 Å². The Morgan fingerprint density at radius 3 is 1.58 bits per heavy atom. The number of esters is 2. The van der Waals surface area contributed by atoms with E-state index in [1.54, 1.807) is 28.8 Å². The molecule has 256 valence electrons. The molecule has 2 fully saturated rings. The molecule has 0 spiro atoms. The highest BCUT2D eigenvalue weighted by Gasteiger charge is 2.27. The van der Waals surface area contributed by atoms with Gasteiger partial charge in [0, 0.05) is 10.8 Å². The Balaban J connectivity index is 0.000000188. The summed E-state index contributed by atoms with van der Waals surface area (Å²) in [5.41, 5.74) is 4.51. The Bertz CT molecular complexity index is 1850. The lowest BCUT2D eigenvalue weighted by Crippen LogP contribution is -2.12. The summed E-state index contributed by atoms with van der Waals surface area (Å²) in [6.45, 7) is -0.0855. The highest BCUT2D eigenvalue weighted by Crippen LogP contribution is 2.44. The summed E-state index contributed by atoms with van der Waals surface area (Å²) in [4.78, 5) is 46.2. The van der Waals surface area contributed by atoms with Crippen LogP contribution < -0.4 is 0 Å². The fourth-order valence-corrected chi connectivity index (χ4v) is 8.97. The maximum absolute atomic E-state index is 11.9. The molecule has 0 amide bonds. The zero-order chi connectivity index (χ0) is 34.5. The third kappa shape index (κ3) is 7.49. The number of aromatic carboxylic acids is 1. The molecule has 48 heavy (non-hydrogen) atoms. The summed E-state index contributed by atoms with van der Waals surface area (Å²) in [6.07, 6.45) is 11.8. The van der Waals surface area contributed by atoms with E-state index in [0.29, 0.717) is 22.9 Å². The van der Waals surface area contributed by atoms with Crippen molar-refractivity contribution in [3.63, 3.8) is 0 Å². The number of aromatic nitrogens is 2. The Labute approximate surface area is 295 Å². The first-order valence-electron chi connectivity index (χ1n) is 16.3. The summed E-state index contributed by atoms with van der Waals surface area (Å²) in [5, 5.41) is 20.4. The highest BCUT2D eigenvalue weighted by atomic mass is 79.9. The number of carboxylic acid groups (broad SMARTS) is 2. The number of fused-ring (bicyclic) bond motifs is 2. The van der Waals surface area contributed by atoms with E-state index in [9.17, 15) is 29.4 Å². The van der Waals surface area contributed by atoms with Crippen molar-refractivity contribution in [2.24, 2.45) is 0 Å². The number of benzene rings is 2. The van der Waals surface area contributed by atoms with Crippen molar-refractivity contribution in [3.8, 4) is 0 Å². The van der Waals surface area contributed by atoms with Crippen molar-refractivity contribution in [2.75, 3.05) is 14.2 Å². The number of carbonyl (C=O) groups is 4. The molecule has 2 aliphatic carbocycles. The number of ether oxygens (including phenoxy) is 2. The predicted octanol–water partition coefficient (Wildman–Crippen LogP) is 8.65. The SMILES string of the molecule is COC(=O)Cn1c(Br)c(C2CCCCC2)c2ccc(C(=O)OC)cc21.O=C(O)Cn1c(Br)c(C2CCCCC2)c2ccc(C(=O)O)cc21. The van der Waals surface area contributed by atoms with Crippen molar-refractivity contribution in [1.29, 1.82) is 0 Å². The molecule has 6 rings (SSSR count). The van der Waals surface area contributed by atoms with Gasteiger partial charge in [-0.3, -0.25) is 9.59 Å². The molecule has 10 nitrogen and oxygen atoms in total. The molecule has 2 aromatic carbocycles. The number of aliphatic carboxylic acids is 1. The third-order valence-electron chi connectivity index (χ3n) is 9.58. The van der Waals surface area contributed by atoms with Crippen LogP contribution in [0.4, 0.5) is 0 Å². The van der Waals surface area contributed by atoms with E-state index in [4.69, 9.17) is 9.47 Å². The van der Waals surface area contributed by atoms with Gasteiger partial charge in [-0.05, 0) is 105 Å². The zero-order valence-electron chi connectivity index (χ0n) is 27.1. The van der Waals surface area contributed by atoms with Crippen LogP contribution in [0.5, 0.6) is 0 Å². The number of carbonyl (C=O) groups excluding carboxylic acids is 2. The quantitative estimate of drug-likeness (QED) is 0.169. The van der Waals surface area contributed by atoms with Gasteiger partial charge in [-0.1, -0.05) is 50.7 Å². The van der Waals surface area contributed by atoms with E-state index in [1.165, 1.54) is 58.3 Å². The van der Waals surface area contributed by atoms with E-state index in [0.717, 1.165) is 56.7 Å². The van der Waals surface area contributed by atoms with E-state index in [1.807, 2.05) is 16.7 Å². The molecule has 0 bridgehead atoms. The molecule has 0 unspecified atom stereocenters. The van der Waals surface area contributed by atoms with E-state index < -0.39 is 11.9 Å². The number of hydrogen-bond donors (Lipinski definition) is 2. The van der Waals surface area contributed by atoms with Crippen molar-refractivity contribution >= 4 is 77.5 Å². The molecular formula is C36H40Br2N2O8. The molecule has 2 N–H and O–H groups in total. The Kier molecular flexibility index (Phi) is 11.7. The maximum Gasteiger partial charge on any atom is 0.337 e. The second-order valence-corrected chi connectivity index (χ2v) is 14.0. The average molecular weight is 789 g/mol. The maximum atomic E-state index is 11.9. The number of rotatable bonds is 8. The lowest BCUT2D eigenvalue weighted by atomic mass is 9.84. The molecule has 0 aliphatic heterocycles. The fraction of sp³-hybridized carbons (Fsp3) is 0.444. The van der Waals surface area contributed by atoms with E-state index >= 15 is 0 Å². The first kappa shape index (κ1) is 35.7. The van der Waals surface area contributed by atoms with Crippen LogP contribution >= 0.6 is 31.9 Å². The number of halogens is 2. The predicted molar refractivity (Wildman–Crippen MR) is 189 cm³/mol. The second kappa shape index (κ2) is 15.7. The fourth-order valence-electron chi connectivity index (χ4n) is 7.27. The second-order valence-electron chi connectivity index (χ2n) is 12.5. The molecule has 2 heterocycles. The van der Waals surface area contributed by atoms with Gasteiger partial charge in [0.25, 0.3) is 0 Å². The van der Waals surface area contributed by atoms with Crippen molar-refractivity contribution in [2.45, 2.75) is 89.1 Å². The van der Waals surface area contributed by atoms with Crippen LogP contribution in [0.1, 0.15) is 108 Å². The van der Waals surface area contributed by atoms with Gasteiger partial charge < -0.3 is 28.8 Å². The van der Waals surface area contributed by atoms with Crippen molar-refractivity contribution in [1.82, 2.24) is 9.13 Å². The minimum absolute atomic E-state index is 0.102. The third-order valence-corrected chi connectivity index (χ3v) is 11.3. The molecule has 2 saturated carbocycles. The lowest BCUT2D eigenvalue weighted by molar-refractivity contribution is -0.141. The number of methoxy groups -OCH3 is 2. The monoisotopic (exact) mass is 786 g/mol. The first-order valence-corrected chi connectivity index (χ1v) is 17.9. The van der Waals surface area contributed by atoms with Gasteiger partial charge in [0.1, 0.15) is 13.1 Å². The molecule has 4 aromatic rings. The minimum Gasteiger partial charge on any atom is -0.480 e. The lowest BCUT2D eigenvalue weighted by Gasteiger charge is -2.22. The summed E-state index contributed by atoms with van der Waals surface area (Å²) in [6, 6.07) is 10.5. The van der Waals surface area contributed by atoms with Crippen LogP contribution in [0.15, 0.2) is 45.6 Å². The van der Waals surface area contributed by atoms with Crippen LogP contribution in [-0.4, -0.2) is 57.4 Å². The molecule has 0 radical (unpaired) electrons. The normalized spacial score (nSPS) is 15.6. The van der Waals surface area contributed by atoms with Crippen LogP contribution in [0, 0.1) is 0 Å². The van der Waals surface area contributed by atoms with Gasteiger partial charge in [-0.25, -0.2) is 9.59 Å². The van der Waals surface area contributed by atoms with Crippen LogP contribution in [0.3, 0.4) is 0 Å². The average Bonchev–Trinajstić information content (AvgIpc) is 3.53. The Hall–Kier alpha value is -3.64. The largest absolute Gasteiger partial charge is 0.480 e. The molecule has 0 atom stereocenters. The van der Waals surface area contributed by atoms with Crippen molar-refractivity contribution in [3.05, 3.63) is 67.9 Å². The summed E-state index contributed by atoms with van der Waals surface area (Å²) < 4.78 is 14.9. The van der Waals surface area contributed by atoms with Gasteiger partial charge in [0.2, 0.25) is 0 Å².